The zero-order chi connectivity index (χ0) is 17.9. The molecule has 6 nitrogen and oxygen atoms in total. The topological polar surface area (TPSA) is 67.1 Å². The summed E-state index contributed by atoms with van der Waals surface area (Å²) in [7, 11) is 0. The second-order valence-electron chi connectivity index (χ2n) is 6.46. The molecule has 0 aliphatic heterocycles. The Hall–Kier alpha value is -1.64. The van der Waals surface area contributed by atoms with Crippen LogP contribution >= 0.6 is 24.0 Å². The number of rotatable bonds is 9. The van der Waals surface area contributed by atoms with Crippen LogP contribution in [-0.2, 0) is 6.54 Å². The number of unbranched alkanes of at least 4 members (excludes halogenated alkanes) is 1. The first-order valence-corrected chi connectivity index (χ1v) is 9.17. The monoisotopic (exact) mass is 470 g/mol. The molecular weight excluding hydrogens is 439 g/mol. The number of halogens is 1. The summed E-state index contributed by atoms with van der Waals surface area (Å²) in [6, 6.07) is 10.1. The van der Waals surface area contributed by atoms with Crippen molar-refractivity contribution in [3.63, 3.8) is 0 Å². The van der Waals surface area contributed by atoms with Crippen LogP contribution in [0.15, 0.2) is 41.7 Å². The maximum Gasteiger partial charge on any atom is 0.191 e. The van der Waals surface area contributed by atoms with Gasteiger partial charge in [-0.25, -0.2) is 4.99 Å². The van der Waals surface area contributed by atoms with E-state index < -0.39 is 0 Å². The highest BCUT2D eigenvalue weighted by molar-refractivity contribution is 14.0. The lowest BCUT2D eigenvalue weighted by molar-refractivity contribution is 0.534. The highest BCUT2D eigenvalue weighted by atomic mass is 127. The fourth-order valence-electron chi connectivity index (χ4n) is 2.55. The van der Waals surface area contributed by atoms with Gasteiger partial charge in [0.25, 0.3) is 0 Å². The molecule has 0 fully saturated rings. The van der Waals surface area contributed by atoms with Gasteiger partial charge in [-0.15, -0.1) is 34.2 Å². The van der Waals surface area contributed by atoms with E-state index in [1.54, 1.807) is 6.33 Å². The van der Waals surface area contributed by atoms with Crippen molar-refractivity contribution >= 4 is 29.9 Å². The summed E-state index contributed by atoms with van der Waals surface area (Å²) in [6.45, 7) is 8.86. The van der Waals surface area contributed by atoms with E-state index in [0.717, 1.165) is 42.9 Å². The summed E-state index contributed by atoms with van der Waals surface area (Å²) in [5, 5.41) is 14.9. The quantitative estimate of drug-likeness (QED) is 0.254. The Balaban J connectivity index is 0.00000338. The van der Waals surface area contributed by atoms with Crippen LogP contribution in [0, 0.1) is 5.92 Å². The number of nitrogens with zero attached hydrogens (tertiary/aromatic N) is 4. The van der Waals surface area contributed by atoms with Crippen LogP contribution in [0.1, 0.15) is 45.9 Å². The van der Waals surface area contributed by atoms with Crippen LogP contribution in [0.4, 0.5) is 0 Å². The molecule has 0 amide bonds. The van der Waals surface area contributed by atoms with Crippen molar-refractivity contribution in [1.82, 2.24) is 25.4 Å². The van der Waals surface area contributed by atoms with Crippen molar-refractivity contribution < 1.29 is 0 Å². The van der Waals surface area contributed by atoms with Crippen molar-refractivity contribution in [2.75, 3.05) is 13.1 Å². The van der Waals surface area contributed by atoms with Gasteiger partial charge in [-0.2, -0.15) is 0 Å². The highest BCUT2D eigenvalue weighted by Gasteiger charge is 2.06. The number of guanidine groups is 1. The zero-order valence-corrected chi connectivity index (χ0v) is 18.3. The molecule has 0 atom stereocenters. The van der Waals surface area contributed by atoms with Gasteiger partial charge in [-0.1, -0.05) is 44.9 Å². The molecule has 0 radical (unpaired) electrons. The second-order valence-corrected chi connectivity index (χ2v) is 6.46. The van der Waals surface area contributed by atoms with E-state index >= 15 is 0 Å². The normalized spacial score (nSPS) is 11.3. The molecule has 0 saturated heterocycles. The Morgan fingerprint density at radius 3 is 2.62 bits per heavy atom. The van der Waals surface area contributed by atoms with Crippen LogP contribution in [0.25, 0.3) is 5.69 Å². The van der Waals surface area contributed by atoms with Gasteiger partial charge in [0.05, 0.1) is 0 Å². The van der Waals surface area contributed by atoms with Crippen LogP contribution < -0.4 is 10.6 Å². The average Bonchev–Trinajstić information content (AvgIpc) is 3.08. The lowest BCUT2D eigenvalue weighted by Gasteiger charge is -2.12. The molecule has 1 aromatic carbocycles. The molecule has 26 heavy (non-hydrogen) atoms. The van der Waals surface area contributed by atoms with Crippen molar-refractivity contribution in [1.29, 1.82) is 0 Å². The van der Waals surface area contributed by atoms with Gasteiger partial charge in [0.15, 0.2) is 11.8 Å². The molecule has 0 aliphatic carbocycles. The van der Waals surface area contributed by atoms with Crippen LogP contribution in [-0.4, -0.2) is 33.8 Å². The number of para-hydroxylation sites is 1. The van der Waals surface area contributed by atoms with Crippen molar-refractivity contribution in [3.05, 3.63) is 42.5 Å². The number of aliphatic imine (C=N–C) groups is 1. The minimum Gasteiger partial charge on any atom is -0.357 e. The number of nitrogens with one attached hydrogen (secondary N) is 2. The fraction of sp³-hybridized carbons (Fsp3) is 0.526. The summed E-state index contributed by atoms with van der Waals surface area (Å²) in [5.74, 6) is 2.42. The first-order valence-electron chi connectivity index (χ1n) is 9.17. The first-order chi connectivity index (χ1) is 12.2. The molecule has 0 aliphatic rings. The minimum atomic E-state index is 0. The standard InChI is InChI=1S/C19H30N6.HI/c1-4-20-19(21-13-9-8-10-16(2)3)22-14-18-24-23-15-25(18)17-11-6-5-7-12-17;/h5-7,11-12,15-16H,4,8-10,13-14H2,1-3H3,(H2,20,21,22);1H. The maximum atomic E-state index is 4.65. The number of hydrogen-bond donors (Lipinski definition) is 2. The summed E-state index contributed by atoms with van der Waals surface area (Å²) in [4.78, 5) is 4.65. The molecule has 1 heterocycles. The lowest BCUT2D eigenvalue weighted by Crippen LogP contribution is -2.37. The number of benzene rings is 1. The summed E-state index contributed by atoms with van der Waals surface area (Å²) < 4.78 is 1.97. The molecule has 2 N–H and O–H groups in total. The number of aromatic nitrogens is 3. The van der Waals surface area contributed by atoms with E-state index in [0.29, 0.717) is 6.54 Å². The van der Waals surface area contributed by atoms with Gasteiger partial charge >= 0.3 is 0 Å². The van der Waals surface area contributed by atoms with Crippen molar-refractivity contribution in [2.45, 2.75) is 46.6 Å². The van der Waals surface area contributed by atoms with Crippen molar-refractivity contribution in [2.24, 2.45) is 10.9 Å². The van der Waals surface area contributed by atoms with E-state index in [2.05, 4.69) is 46.6 Å². The molecule has 7 heteroatoms. The predicted molar refractivity (Wildman–Crippen MR) is 118 cm³/mol. The summed E-state index contributed by atoms with van der Waals surface area (Å²) >= 11 is 0. The van der Waals surface area contributed by atoms with Crippen LogP contribution in [0.3, 0.4) is 0 Å². The zero-order valence-electron chi connectivity index (χ0n) is 16.0. The molecular formula is C19H31IN6. The number of hydrogen-bond acceptors (Lipinski definition) is 3. The predicted octanol–water partition coefficient (Wildman–Crippen LogP) is 3.77. The van der Waals surface area contributed by atoms with E-state index in [9.17, 15) is 0 Å². The Morgan fingerprint density at radius 1 is 1.15 bits per heavy atom. The van der Waals surface area contributed by atoms with Gasteiger partial charge in [0, 0.05) is 18.8 Å². The maximum absolute atomic E-state index is 4.65. The van der Waals surface area contributed by atoms with Gasteiger partial charge < -0.3 is 10.6 Å². The third kappa shape index (κ3) is 7.72. The van der Waals surface area contributed by atoms with Gasteiger partial charge in [0.2, 0.25) is 0 Å². The molecule has 2 aromatic rings. The smallest absolute Gasteiger partial charge is 0.191 e. The lowest BCUT2D eigenvalue weighted by atomic mass is 10.1. The first kappa shape index (κ1) is 22.4. The Labute approximate surface area is 173 Å². The van der Waals surface area contributed by atoms with Gasteiger partial charge in [0.1, 0.15) is 12.9 Å². The van der Waals surface area contributed by atoms with E-state index in [-0.39, 0.29) is 24.0 Å². The second kappa shape index (κ2) is 12.7. The third-order valence-electron chi connectivity index (χ3n) is 3.88. The van der Waals surface area contributed by atoms with Crippen LogP contribution in [0.2, 0.25) is 0 Å². The fourth-order valence-corrected chi connectivity index (χ4v) is 2.55. The molecule has 0 unspecified atom stereocenters. The Kier molecular flexibility index (Phi) is 10.9. The SMILES string of the molecule is CCNC(=NCc1nncn1-c1ccccc1)NCCCCC(C)C.I. The van der Waals surface area contributed by atoms with E-state index in [4.69, 9.17) is 0 Å². The molecule has 1 aromatic heterocycles. The van der Waals surface area contributed by atoms with Crippen molar-refractivity contribution in [3.8, 4) is 5.69 Å². The van der Waals surface area contributed by atoms with E-state index in [1.165, 1.54) is 12.8 Å². The molecule has 2 rings (SSSR count). The largest absolute Gasteiger partial charge is 0.357 e. The third-order valence-corrected chi connectivity index (χ3v) is 3.88. The molecule has 0 saturated carbocycles. The van der Waals surface area contributed by atoms with E-state index in [1.807, 2.05) is 34.9 Å². The van der Waals surface area contributed by atoms with Gasteiger partial charge in [-0.3, -0.25) is 4.57 Å². The Morgan fingerprint density at radius 2 is 1.92 bits per heavy atom. The molecule has 144 valence electrons. The average molecular weight is 470 g/mol. The van der Waals surface area contributed by atoms with Gasteiger partial charge in [-0.05, 0) is 31.4 Å². The minimum absolute atomic E-state index is 0. The Bertz CT molecular complexity index is 638. The molecule has 0 spiro atoms. The highest BCUT2D eigenvalue weighted by Crippen LogP contribution is 2.09. The molecule has 0 bridgehead atoms. The summed E-state index contributed by atoms with van der Waals surface area (Å²) in [5.41, 5.74) is 1.05. The van der Waals surface area contributed by atoms with Crippen LogP contribution in [0.5, 0.6) is 0 Å². The summed E-state index contributed by atoms with van der Waals surface area (Å²) in [6.07, 6.45) is 5.40.